The van der Waals surface area contributed by atoms with Crippen molar-refractivity contribution in [2.75, 3.05) is 18.4 Å². The lowest BCUT2D eigenvalue weighted by Crippen LogP contribution is -2.44. The SMILES string of the molecule is C=CC(=O)N1CCC[C@@H](Nc2nc(Cl)nc3[nH]ccc23)C1. The fourth-order valence-electron chi connectivity index (χ4n) is 2.64. The van der Waals surface area contributed by atoms with Gasteiger partial charge in [-0.1, -0.05) is 6.58 Å². The molecule has 0 aromatic carbocycles. The molecule has 6 nitrogen and oxygen atoms in total. The van der Waals surface area contributed by atoms with Crippen LogP contribution in [0.1, 0.15) is 12.8 Å². The molecule has 3 heterocycles. The van der Waals surface area contributed by atoms with Crippen LogP contribution in [0, 0.1) is 0 Å². The van der Waals surface area contributed by atoms with Crippen LogP contribution in [-0.4, -0.2) is 44.9 Å². The molecule has 2 N–H and O–H groups in total. The fraction of sp³-hybridized carbons (Fsp3) is 0.357. The zero-order chi connectivity index (χ0) is 14.8. The first-order valence-electron chi connectivity index (χ1n) is 6.86. The first kappa shape index (κ1) is 13.9. The van der Waals surface area contributed by atoms with Crippen molar-refractivity contribution in [1.82, 2.24) is 19.9 Å². The quantitative estimate of drug-likeness (QED) is 0.673. The van der Waals surface area contributed by atoms with Crippen molar-refractivity contribution in [1.29, 1.82) is 0 Å². The molecule has 2 aromatic rings. The number of likely N-dealkylation sites (tertiary alicyclic amines) is 1. The standard InChI is InChI=1S/C14H16ClN5O/c1-2-11(21)20-7-3-4-9(8-20)17-13-10-5-6-16-12(10)18-14(15)19-13/h2,5-6,9H,1,3-4,7-8H2,(H2,16,17,18,19)/t9-/m1/s1. The third-order valence-electron chi connectivity index (χ3n) is 3.64. The normalized spacial score (nSPS) is 18.7. The number of aromatic amines is 1. The summed E-state index contributed by atoms with van der Waals surface area (Å²) in [7, 11) is 0. The van der Waals surface area contributed by atoms with Crippen LogP contribution in [0.5, 0.6) is 0 Å². The molecule has 1 fully saturated rings. The van der Waals surface area contributed by atoms with Crippen LogP contribution in [-0.2, 0) is 4.79 Å². The number of carbonyl (C=O) groups is 1. The number of fused-ring (bicyclic) bond motifs is 1. The highest BCUT2D eigenvalue weighted by Gasteiger charge is 2.23. The molecule has 7 heteroatoms. The number of rotatable bonds is 3. The van der Waals surface area contributed by atoms with Crippen molar-refractivity contribution in [3.63, 3.8) is 0 Å². The summed E-state index contributed by atoms with van der Waals surface area (Å²) < 4.78 is 0. The number of piperidine rings is 1. The predicted octanol–water partition coefficient (Wildman–Crippen LogP) is 2.20. The van der Waals surface area contributed by atoms with Gasteiger partial charge in [-0.2, -0.15) is 4.98 Å². The van der Waals surface area contributed by atoms with Crippen molar-refractivity contribution in [2.24, 2.45) is 0 Å². The van der Waals surface area contributed by atoms with Crippen molar-refractivity contribution in [3.8, 4) is 0 Å². The van der Waals surface area contributed by atoms with Crippen LogP contribution in [0.2, 0.25) is 5.28 Å². The lowest BCUT2D eigenvalue weighted by molar-refractivity contribution is -0.127. The van der Waals surface area contributed by atoms with E-state index in [9.17, 15) is 4.79 Å². The van der Waals surface area contributed by atoms with E-state index in [1.165, 1.54) is 6.08 Å². The monoisotopic (exact) mass is 305 g/mol. The smallest absolute Gasteiger partial charge is 0.246 e. The Bertz CT molecular complexity index is 683. The Morgan fingerprint density at radius 1 is 1.57 bits per heavy atom. The summed E-state index contributed by atoms with van der Waals surface area (Å²) in [5.41, 5.74) is 0.701. The molecule has 0 spiro atoms. The Morgan fingerprint density at radius 2 is 2.43 bits per heavy atom. The average Bonchev–Trinajstić information content (AvgIpc) is 2.95. The summed E-state index contributed by atoms with van der Waals surface area (Å²) in [6, 6.07) is 2.05. The summed E-state index contributed by atoms with van der Waals surface area (Å²) in [5, 5.41) is 4.47. The minimum absolute atomic E-state index is 0.0333. The second kappa shape index (κ2) is 5.73. The number of anilines is 1. The first-order chi connectivity index (χ1) is 10.2. The van der Waals surface area contributed by atoms with Crippen LogP contribution >= 0.6 is 11.6 Å². The number of nitrogens with zero attached hydrogens (tertiary/aromatic N) is 3. The Kier molecular flexibility index (Phi) is 3.79. The van der Waals surface area contributed by atoms with E-state index < -0.39 is 0 Å². The highest BCUT2D eigenvalue weighted by atomic mass is 35.5. The molecule has 1 saturated heterocycles. The van der Waals surface area contributed by atoms with E-state index in [0.717, 1.165) is 24.8 Å². The molecule has 1 atom stereocenters. The van der Waals surface area contributed by atoms with Gasteiger partial charge in [-0.15, -0.1) is 0 Å². The lowest BCUT2D eigenvalue weighted by atomic mass is 10.1. The molecule has 1 aliphatic rings. The molecule has 0 saturated carbocycles. The van der Waals surface area contributed by atoms with E-state index in [-0.39, 0.29) is 17.2 Å². The third-order valence-corrected chi connectivity index (χ3v) is 3.81. The van der Waals surface area contributed by atoms with Crippen LogP contribution in [0.3, 0.4) is 0 Å². The number of H-pyrrole nitrogens is 1. The lowest BCUT2D eigenvalue weighted by Gasteiger charge is -2.32. The number of aromatic nitrogens is 3. The molecule has 110 valence electrons. The summed E-state index contributed by atoms with van der Waals surface area (Å²) in [6.07, 6.45) is 5.09. The van der Waals surface area contributed by atoms with Crippen molar-refractivity contribution >= 4 is 34.4 Å². The summed E-state index contributed by atoms with van der Waals surface area (Å²) >= 11 is 5.94. The zero-order valence-corrected chi connectivity index (χ0v) is 12.2. The zero-order valence-electron chi connectivity index (χ0n) is 11.5. The Hall–Kier alpha value is -2.08. The van der Waals surface area contributed by atoms with Gasteiger partial charge in [-0.05, 0) is 36.6 Å². The molecule has 0 bridgehead atoms. The average molecular weight is 306 g/mol. The first-order valence-corrected chi connectivity index (χ1v) is 7.23. The number of carbonyl (C=O) groups excluding carboxylic acids is 1. The van der Waals surface area contributed by atoms with E-state index in [4.69, 9.17) is 11.6 Å². The van der Waals surface area contributed by atoms with Crippen molar-refractivity contribution in [3.05, 3.63) is 30.2 Å². The van der Waals surface area contributed by atoms with Crippen molar-refractivity contribution < 1.29 is 4.79 Å². The van der Waals surface area contributed by atoms with Crippen LogP contribution < -0.4 is 5.32 Å². The molecule has 1 aliphatic heterocycles. The van der Waals surface area contributed by atoms with Gasteiger partial charge in [0.2, 0.25) is 11.2 Å². The maximum Gasteiger partial charge on any atom is 0.246 e. The van der Waals surface area contributed by atoms with E-state index in [1.807, 2.05) is 6.07 Å². The number of nitrogens with one attached hydrogen (secondary N) is 2. The maximum atomic E-state index is 11.7. The summed E-state index contributed by atoms with van der Waals surface area (Å²) in [4.78, 5) is 24.9. The number of hydrogen-bond donors (Lipinski definition) is 2. The van der Waals surface area contributed by atoms with Crippen LogP contribution in [0.25, 0.3) is 11.0 Å². The minimum Gasteiger partial charge on any atom is -0.365 e. The molecular formula is C14H16ClN5O. The van der Waals surface area contributed by atoms with Crippen LogP contribution in [0.4, 0.5) is 5.82 Å². The van der Waals surface area contributed by atoms with Crippen LogP contribution in [0.15, 0.2) is 24.9 Å². The molecule has 0 unspecified atom stereocenters. The molecule has 21 heavy (non-hydrogen) atoms. The molecular weight excluding hydrogens is 290 g/mol. The van der Waals surface area contributed by atoms with E-state index in [1.54, 1.807) is 11.1 Å². The fourth-order valence-corrected chi connectivity index (χ4v) is 2.81. The predicted molar refractivity (Wildman–Crippen MR) is 82.3 cm³/mol. The molecule has 2 aromatic heterocycles. The van der Waals surface area contributed by atoms with Gasteiger partial charge in [-0.3, -0.25) is 4.79 Å². The maximum absolute atomic E-state index is 11.7. The van der Waals surface area contributed by atoms with E-state index >= 15 is 0 Å². The number of halogens is 1. The Morgan fingerprint density at radius 3 is 3.24 bits per heavy atom. The second-order valence-electron chi connectivity index (χ2n) is 5.05. The van der Waals surface area contributed by atoms with E-state index in [0.29, 0.717) is 18.0 Å². The summed E-state index contributed by atoms with van der Waals surface area (Å²) in [5.74, 6) is 0.665. The third kappa shape index (κ3) is 2.85. The Balaban J connectivity index is 1.80. The highest BCUT2D eigenvalue weighted by Crippen LogP contribution is 2.23. The van der Waals surface area contributed by atoms with Gasteiger partial charge in [0.05, 0.1) is 5.39 Å². The highest BCUT2D eigenvalue weighted by molar-refractivity contribution is 6.28. The number of hydrogen-bond acceptors (Lipinski definition) is 4. The van der Waals surface area contributed by atoms with Gasteiger partial charge in [0, 0.05) is 25.3 Å². The number of amides is 1. The van der Waals surface area contributed by atoms with Gasteiger partial charge in [0.25, 0.3) is 0 Å². The van der Waals surface area contributed by atoms with Crippen molar-refractivity contribution in [2.45, 2.75) is 18.9 Å². The Labute approximate surface area is 127 Å². The minimum atomic E-state index is -0.0333. The van der Waals surface area contributed by atoms with Gasteiger partial charge in [-0.25, -0.2) is 4.98 Å². The van der Waals surface area contributed by atoms with Gasteiger partial charge >= 0.3 is 0 Å². The molecule has 0 aliphatic carbocycles. The van der Waals surface area contributed by atoms with E-state index in [2.05, 4.69) is 26.8 Å². The molecule has 0 radical (unpaired) electrons. The molecule has 1 amide bonds. The molecule has 3 rings (SSSR count). The topological polar surface area (TPSA) is 73.9 Å². The largest absolute Gasteiger partial charge is 0.365 e. The van der Waals surface area contributed by atoms with Gasteiger partial charge < -0.3 is 15.2 Å². The van der Waals surface area contributed by atoms with Gasteiger partial charge in [0.15, 0.2) is 0 Å². The summed E-state index contributed by atoms with van der Waals surface area (Å²) in [6.45, 7) is 4.94. The van der Waals surface area contributed by atoms with Gasteiger partial charge in [0.1, 0.15) is 11.5 Å². The second-order valence-corrected chi connectivity index (χ2v) is 5.39.